The predicted octanol–water partition coefficient (Wildman–Crippen LogP) is 2.14. The third-order valence-corrected chi connectivity index (χ3v) is 6.18. The summed E-state index contributed by atoms with van der Waals surface area (Å²) in [5.41, 5.74) is 0.705. The average molecular weight is 369 g/mol. The van der Waals surface area contributed by atoms with E-state index < -0.39 is 25.9 Å². The summed E-state index contributed by atoms with van der Waals surface area (Å²) in [7, 11) is -5.65. The number of hydrogen-bond donors (Lipinski definition) is 1. The van der Waals surface area contributed by atoms with Crippen LogP contribution in [0.25, 0.3) is 0 Å². The number of para-hydroxylation sites is 1. The Labute approximate surface area is 142 Å². The van der Waals surface area contributed by atoms with Gasteiger partial charge in [-0.05, 0) is 37.3 Å². The van der Waals surface area contributed by atoms with Crippen LogP contribution in [-0.4, -0.2) is 30.2 Å². The fourth-order valence-electron chi connectivity index (χ4n) is 2.25. The van der Waals surface area contributed by atoms with Gasteiger partial charge in [-0.25, -0.2) is 21.6 Å². The number of rotatable bonds is 6. The summed E-state index contributed by atoms with van der Waals surface area (Å²) in [5.74, 6) is 0.583. The number of sulfone groups is 1. The smallest absolute Gasteiger partial charge is 0.241 e. The second kappa shape index (κ2) is 6.92. The Morgan fingerprint density at radius 2 is 1.46 bits per heavy atom. The van der Waals surface area contributed by atoms with Gasteiger partial charge in [-0.2, -0.15) is 0 Å². The van der Waals surface area contributed by atoms with Gasteiger partial charge in [-0.3, -0.25) is 0 Å². The summed E-state index contributed by atoms with van der Waals surface area (Å²) >= 11 is 0. The molecule has 6 nitrogen and oxygen atoms in total. The number of hydrogen-bond acceptors (Lipinski definition) is 5. The van der Waals surface area contributed by atoms with Gasteiger partial charge in [-0.15, -0.1) is 0 Å². The topological polar surface area (TPSA) is 89.5 Å². The van der Waals surface area contributed by atoms with Gasteiger partial charge in [0, 0.05) is 17.9 Å². The van der Waals surface area contributed by atoms with E-state index in [0.29, 0.717) is 11.3 Å². The molecule has 0 unspecified atom stereocenters. The maximum Gasteiger partial charge on any atom is 0.241 e. The summed E-state index contributed by atoms with van der Waals surface area (Å²) < 4.78 is 55.6. The van der Waals surface area contributed by atoms with Crippen molar-refractivity contribution in [3.05, 3.63) is 54.1 Å². The van der Waals surface area contributed by atoms with Crippen molar-refractivity contribution < 1.29 is 21.6 Å². The molecular weight excluding hydrogens is 350 g/mol. The zero-order valence-corrected chi connectivity index (χ0v) is 15.2. The first kappa shape index (κ1) is 18.4. The maximum atomic E-state index is 12.5. The minimum absolute atomic E-state index is 0.00310. The van der Waals surface area contributed by atoms with E-state index in [1.54, 1.807) is 31.2 Å². The van der Waals surface area contributed by atoms with Gasteiger partial charge in [0.15, 0.2) is 9.84 Å². The Balaban J connectivity index is 2.28. The van der Waals surface area contributed by atoms with E-state index in [1.165, 1.54) is 31.4 Å². The van der Waals surface area contributed by atoms with Crippen LogP contribution in [0.4, 0.5) is 0 Å². The highest BCUT2D eigenvalue weighted by atomic mass is 32.2. The molecule has 0 saturated carbocycles. The third kappa shape index (κ3) is 4.14. The number of ether oxygens (including phenoxy) is 1. The molecule has 8 heteroatoms. The summed E-state index contributed by atoms with van der Waals surface area (Å²) in [6.45, 7) is 1.71. The summed E-state index contributed by atoms with van der Waals surface area (Å²) in [6.07, 6.45) is 1.07. The standard InChI is InChI=1S/C16H19NO5S2/c1-12(15-6-4-5-7-16(15)22-2)17-24(20,21)14-10-8-13(9-11-14)23(3,18)19/h4-12,17H,1-3H3/t12-/m1/s1. The molecular formula is C16H19NO5S2. The van der Waals surface area contributed by atoms with Crippen molar-refractivity contribution in [1.29, 1.82) is 0 Å². The molecule has 0 aliphatic rings. The highest BCUT2D eigenvalue weighted by molar-refractivity contribution is 7.90. The van der Waals surface area contributed by atoms with Crippen molar-refractivity contribution in [2.45, 2.75) is 22.8 Å². The molecule has 0 aliphatic heterocycles. The maximum absolute atomic E-state index is 12.5. The minimum Gasteiger partial charge on any atom is -0.496 e. The number of nitrogens with one attached hydrogen (secondary N) is 1. The van der Waals surface area contributed by atoms with Crippen LogP contribution in [0.2, 0.25) is 0 Å². The number of sulfonamides is 1. The van der Waals surface area contributed by atoms with Gasteiger partial charge < -0.3 is 4.74 Å². The van der Waals surface area contributed by atoms with Crippen molar-refractivity contribution in [2.75, 3.05) is 13.4 Å². The molecule has 0 radical (unpaired) electrons. The molecule has 2 rings (SSSR count). The fraction of sp³-hybridized carbons (Fsp3) is 0.250. The zero-order chi connectivity index (χ0) is 18.0. The summed E-state index contributed by atoms with van der Waals surface area (Å²) in [5, 5.41) is 0. The lowest BCUT2D eigenvalue weighted by atomic mass is 10.1. The molecule has 0 amide bonds. The Bertz CT molecular complexity index is 919. The van der Waals surface area contributed by atoms with Crippen molar-refractivity contribution >= 4 is 19.9 Å². The molecule has 0 bridgehead atoms. The molecule has 0 fully saturated rings. The highest BCUT2D eigenvalue weighted by Crippen LogP contribution is 2.26. The van der Waals surface area contributed by atoms with E-state index in [2.05, 4.69) is 4.72 Å². The molecule has 0 aliphatic carbocycles. The molecule has 0 heterocycles. The van der Waals surface area contributed by atoms with Gasteiger partial charge in [0.1, 0.15) is 5.75 Å². The molecule has 1 atom stereocenters. The first-order valence-corrected chi connectivity index (χ1v) is 10.5. The lowest BCUT2D eigenvalue weighted by molar-refractivity contribution is 0.405. The van der Waals surface area contributed by atoms with E-state index in [9.17, 15) is 16.8 Å². The summed E-state index contributed by atoms with van der Waals surface area (Å²) in [6, 6.07) is 11.7. The first-order valence-electron chi connectivity index (χ1n) is 7.10. The van der Waals surface area contributed by atoms with E-state index >= 15 is 0 Å². The van der Waals surface area contributed by atoms with Crippen LogP contribution in [0.5, 0.6) is 5.75 Å². The summed E-state index contributed by atoms with van der Waals surface area (Å²) in [4.78, 5) is 0.0656. The van der Waals surface area contributed by atoms with Crippen LogP contribution < -0.4 is 9.46 Å². The Morgan fingerprint density at radius 1 is 0.917 bits per heavy atom. The van der Waals surface area contributed by atoms with E-state index in [0.717, 1.165) is 6.26 Å². The fourth-order valence-corrected chi connectivity index (χ4v) is 4.11. The molecule has 0 saturated heterocycles. The lowest BCUT2D eigenvalue weighted by Gasteiger charge is -2.17. The zero-order valence-electron chi connectivity index (χ0n) is 13.6. The van der Waals surface area contributed by atoms with Crippen LogP contribution in [0.15, 0.2) is 58.3 Å². The lowest BCUT2D eigenvalue weighted by Crippen LogP contribution is -2.27. The van der Waals surface area contributed by atoms with Crippen LogP contribution in [0.1, 0.15) is 18.5 Å². The molecule has 1 N–H and O–H groups in total. The van der Waals surface area contributed by atoms with Crippen LogP contribution >= 0.6 is 0 Å². The van der Waals surface area contributed by atoms with E-state index in [1.807, 2.05) is 0 Å². The monoisotopic (exact) mass is 369 g/mol. The Kier molecular flexibility index (Phi) is 5.32. The van der Waals surface area contributed by atoms with E-state index in [4.69, 9.17) is 4.74 Å². The Morgan fingerprint density at radius 3 is 2.00 bits per heavy atom. The van der Waals surface area contributed by atoms with E-state index in [-0.39, 0.29) is 9.79 Å². The SMILES string of the molecule is COc1ccccc1[C@@H](C)NS(=O)(=O)c1ccc(S(C)(=O)=O)cc1. The molecule has 130 valence electrons. The van der Waals surface area contributed by atoms with Crippen molar-refractivity contribution in [3.8, 4) is 5.75 Å². The van der Waals surface area contributed by atoms with Gasteiger partial charge in [0.05, 0.1) is 16.9 Å². The van der Waals surface area contributed by atoms with Gasteiger partial charge >= 0.3 is 0 Å². The van der Waals surface area contributed by atoms with Crippen molar-refractivity contribution in [2.24, 2.45) is 0 Å². The molecule has 0 aromatic heterocycles. The molecule has 2 aromatic carbocycles. The van der Waals surface area contributed by atoms with Gasteiger partial charge in [-0.1, -0.05) is 18.2 Å². The minimum atomic E-state index is -3.80. The normalized spacial score (nSPS) is 13.5. The van der Waals surface area contributed by atoms with Gasteiger partial charge in [0.2, 0.25) is 10.0 Å². The predicted molar refractivity (Wildman–Crippen MR) is 91.3 cm³/mol. The number of methoxy groups -OCH3 is 1. The second-order valence-electron chi connectivity index (χ2n) is 5.33. The first-order chi connectivity index (χ1) is 11.1. The van der Waals surface area contributed by atoms with Crippen LogP contribution in [-0.2, 0) is 19.9 Å². The van der Waals surface area contributed by atoms with Gasteiger partial charge in [0.25, 0.3) is 0 Å². The van der Waals surface area contributed by atoms with Crippen LogP contribution in [0, 0.1) is 0 Å². The Hall–Kier alpha value is -1.90. The molecule has 24 heavy (non-hydrogen) atoms. The number of benzene rings is 2. The third-order valence-electron chi connectivity index (χ3n) is 3.50. The molecule has 2 aromatic rings. The largest absolute Gasteiger partial charge is 0.496 e. The van der Waals surface area contributed by atoms with Crippen molar-refractivity contribution in [3.63, 3.8) is 0 Å². The van der Waals surface area contributed by atoms with Crippen molar-refractivity contribution in [1.82, 2.24) is 4.72 Å². The quantitative estimate of drug-likeness (QED) is 0.843. The second-order valence-corrected chi connectivity index (χ2v) is 9.06. The molecule has 0 spiro atoms. The van der Waals surface area contributed by atoms with Crippen LogP contribution in [0.3, 0.4) is 0 Å². The average Bonchev–Trinajstić information content (AvgIpc) is 2.53. The highest BCUT2D eigenvalue weighted by Gasteiger charge is 2.21.